The van der Waals surface area contributed by atoms with Crippen molar-refractivity contribution in [3.8, 4) is 0 Å². The van der Waals surface area contributed by atoms with Crippen LogP contribution in [0.15, 0.2) is 0 Å². The van der Waals surface area contributed by atoms with Gasteiger partial charge >= 0.3 is 5.97 Å². The van der Waals surface area contributed by atoms with Crippen molar-refractivity contribution < 1.29 is 14.6 Å². The van der Waals surface area contributed by atoms with E-state index in [4.69, 9.17) is 4.74 Å². The highest BCUT2D eigenvalue weighted by atomic mass is 16.6. The topological polar surface area (TPSA) is 46.5 Å². The van der Waals surface area contributed by atoms with Gasteiger partial charge in [0.2, 0.25) is 0 Å². The molecule has 0 aliphatic heterocycles. The van der Waals surface area contributed by atoms with Gasteiger partial charge in [-0.25, -0.2) is 0 Å². The summed E-state index contributed by atoms with van der Waals surface area (Å²) in [5.41, 5.74) is -1.41. The minimum Gasteiger partial charge on any atom is -0.460 e. The number of rotatable bonds is 8. The second-order valence-corrected chi connectivity index (χ2v) is 6.42. The van der Waals surface area contributed by atoms with E-state index in [0.29, 0.717) is 6.42 Å². The van der Waals surface area contributed by atoms with Crippen LogP contribution in [0.25, 0.3) is 0 Å². The third kappa shape index (κ3) is 10.6. The van der Waals surface area contributed by atoms with Gasteiger partial charge in [0.1, 0.15) is 5.60 Å². The largest absolute Gasteiger partial charge is 0.460 e. The van der Waals surface area contributed by atoms with Gasteiger partial charge in [0, 0.05) is 0 Å². The maximum atomic E-state index is 11.6. The highest BCUT2D eigenvalue weighted by Gasteiger charge is 2.27. The maximum absolute atomic E-state index is 11.6. The molecule has 0 fully saturated rings. The fourth-order valence-electron chi connectivity index (χ4n) is 1.89. The first-order chi connectivity index (χ1) is 8.16. The average Bonchev–Trinajstić information content (AvgIpc) is 2.12. The van der Waals surface area contributed by atoms with Crippen LogP contribution in [0.1, 0.15) is 79.6 Å². The molecule has 0 rings (SSSR count). The Morgan fingerprint density at radius 2 is 1.61 bits per heavy atom. The van der Waals surface area contributed by atoms with Crippen molar-refractivity contribution in [2.24, 2.45) is 0 Å². The third-order valence-corrected chi connectivity index (χ3v) is 2.76. The summed E-state index contributed by atoms with van der Waals surface area (Å²) in [6.45, 7) is 9.41. The first-order valence-electron chi connectivity index (χ1n) is 7.10. The van der Waals surface area contributed by atoms with Crippen molar-refractivity contribution in [2.75, 3.05) is 0 Å². The Morgan fingerprint density at radius 3 is 2.11 bits per heavy atom. The van der Waals surface area contributed by atoms with E-state index in [9.17, 15) is 9.90 Å². The molecule has 0 unspecified atom stereocenters. The SMILES string of the molecule is CCCCCCC[C@@](C)(O)CC(=O)OC(C)(C)C. The molecule has 0 radical (unpaired) electrons. The van der Waals surface area contributed by atoms with Crippen LogP contribution in [0.2, 0.25) is 0 Å². The van der Waals surface area contributed by atoms with E-state index in [1.165, 1.54) is 19.3 Å². The Labute approximate surface area is 112 Å². The molecule has 0 amide bonds. The highest BCUT2D eigenvalue weighted by molar-refractivity contribution is 5.71. The summed E-state index contributed by atoms with van der Waals surface area (Å²) in [6, 6.07) is 0. The normalized spacial score (nSPS) is 15.2. The van der Waals surface area contributed by atoms with Gasteiger partial charge in [-0.2, -0.15) is 0 Å². The second kappa shape index (κ2) is 7.78. The van der Waals surface area contributed by atoms with E-state index in [1.54, 1.807) is 6.92 Å². The number of carbonyl (C=O) groups is 1. The number of carbonyl (C=O) groups excluding carboxylic acids is 1. The molecule has 0 spiro atoms. The van der Waals surface area contributed by atoms with Gasteiger partial charge in [-0.15, -0.1) is 0 Å². The minimum absolute atomic E-state index is 0.0814. The Morgan fingerprint density at radius 1 is 1.06 bits per heavy atom. The van der Waals surface area contributed by atoms with E-state index in [-0.39, 0.29) is 12.4 Å². The van der Waals surface area contributed by atoms with Crippen LogP contribution in [-0.2, 0) is 9.53 Å². The maximum Gasteiger partial charge on any atom is 0.309 e. The molecule has 0 heterocycles. The molecule has 0 aliphatic carbocycles. The van der Waals surface area contributed by atoms with Crippen molar-refractivity contribution in [3.63, 3.8) is 0 Å². The monoisotopic (exact) mass is 258 g/mol. The van der Waals surface area contributed by atoms with Gasteiger partial charge in [-0.1, -0.05) is 39.0 Å². The molecule has 0 saturated carbocycles. The Hall–Kier alpha value is -0.570. The van der Waals surface area contributed by atoms with Crippen LogP contribution in [-0.4, -0.2) is 22.3 Å². The van der Waals surface area contributed by atoms with Crippen LogP contribution in [0.4, 0.5) is 0 Å². The number of aliphatic hydroxyl groups is 1. The average molecular weight is 258 g/mol. The van der Waals surface area contributed by atoms with Gasteiger partial charge in [-0.3, -0.25) is 4.79 Å². The smallest absolute Gasteiger partial charge is 0.309 e. The molecular weight excluding hydrogens is 228 g/mol. The zero-order chi connectivity index (χ0) is 14.2. The predicted molar refractivity (Wildman–Crippen MR) is 74.5 cm³/mol. The van der Waals surface area contributed by atoms with E-state index < -0.39 is 11.2 Å². The molecule has 0 saturated heterocycles. The van der Waals surface area contributed by atoms with Crippen LogP contribution in [0.5, 0.6) is 0 Å². The standard InChI is InChI=1S/C15H30O3/c1-6-7-8-9-10-11-15(5,17)12-13(16)18-14(2,3)4/h17H,6-12H2,1-5H3/t15-/m1/s1. The quantitative estimate of drug-likeness (QED) is 0.531. The fourth-order valence-corrected chi connectivity index (χ4v) is 1.89. The molecule has 3 heteroatoms. The Bertz CT molecular complexity index is 239. The molecule has 108 valence electrons. The van der Waals surface area contributed by atoms with E-state index in [0.717, 1.165) is 12.8 Å². The molecule has 1 atom stereocenters. The molecule has 0 aromatic heterocycles. The highest BCUT2D eigenvalue weighted by Crippen LogP contribution is 2.21. The lowest BCUT2D eigenvalue weighted by atomic mass is 9.94. The zero-order valence-electron chi connectivity index (χ0n) is 12.7. The molecule has 1 N–H and O–H groups in total. The molecule has 0 aliphatic rings. The number of unbranched alkanes of at least 4 members (excludes halogenated alkanes) is 4. The number of hydrogen-bond acceptors (Lipinski definition) is 3. The summed E-state index contributed by atoms with van der Waals surface area (Å²) >= 11 is 0. The van der Waals surface area contributed by atoms with Crippen LogP contribution in [0.3, 0.4) is 0 Å². The van der Waals surface area contributed by atoms with Crippen molar-refractivity contribution in [1.82, 2.24) is 0 Å². The van der Waals surface area contributed by atoms with Gasteiger partial charge in [0.05, 0.1) is 12.0 Å². The first kappa shape index (κ1) is 17.4. The van der Waals surface area contributed by atoms with E-state index >= 15 is 0 Å². The van der Waals surface area contributed by atoms with Crippen molar-refractivity contribution in [3.05, 3.63) is 0 Å². The summed E-state index contributed by atoms with van der Waals surface area (Å²) < 4.78 is 5.22. The number of ether oxygens (including phenoxy) is 1. The molecule has 0 aromatic carbocycles. The first-order valence-corrected chi connectivity index (χ1v) is 7.10. The van der Waals surface area contributed by atoms with Gasteiger partial charge < -0.3 is 9.84 Å². The van der Waals surface area contributed by atoms with Crippen molar-refractivity contribution in [2.45, 2.75) is 90.8 Å². The van der Waals surface area contributed by atoms with Crippen LogP contribution >= 0.6 is 0 Å². The number of hydrogen-bond donors (Lipinski definition) is 1. The summed E-state index contributed by atoms with van der Waals surface area (Å²) in [6.07, 6.45) is 6.50. The van der Waals surface area contributed by atoms with Crippen LogP contribution < -0.4 is 0 Å². The minimum atomic E-state index is -0.936. The molecule has 0 aromatic rings. The summed E-state index contributed by atoms with van der Waals surface area (Å²) in [7, 11) is 0. The van der Waals surface area contributed by atoms with Gasteiger partial charge in [0.25, 0.3) is 0 Å². The van der Waals surface area contributed by atoms with Crippen molar-refractivity contribution in [1.29, 1.82) is 0 Å². The zero-order valence-corrected chi connectivity index (χ0v) is 12.7. The summed E-state index contributed by atoms with van der Waals surface area (Å²) in [5, 5.41) is 10.1. The third-order valence-electron chi connectivity index (χ3n) is 2.76. The van der Waals surface area contributed by atoms with E-state index in [2.05, 4.69) is 6.92 Å². The van der Waals surface area contributed by atoms with Gasteiger partial charge in [0.15, 0.2) is 0 Å². The molecule has 3 nitrogen and oxygen atoms in total. The lowest BCUT2D eigenvalue weighted by Gasteiger charge is -2.25. The Kier molecular flexibility index (Phi) is 7.53. The lowest BCUT2D eigenvalue weighted by molar-refractivity contribution is -0.160. The van der Waals surface area contributed by atoms with E-state index in [1.807, 2.05) is 20.8 Å². The molecule has 18 heavy (non-hydrogen) atoms. The molecular formula is C15H30O3. The second-order valence-electron chi connectivity index (χ2n) is 6.42. The van der Waals surface area contributed by atoms with Crippen LogP contribution in [0, 0.1) is 0 Å². The predicted octanol–water partition coefficient (Wildman–Crippen LogP) is 3.83. The Balaban J connectivity index is 3.88. The number of esters is 1. The summed E-state index contributed by atoms with van der Waals surface area (Å²) in [4.78, 5) is 11.6. The van der Waals surface area contributed by atoms with Gasteiger partial charge in [-0.05, 0) is 34.1 Å². The fraction of sp³-hybridized carbons (Fsp3) is 0.933. The molecule has 0 bridgehead atoms. The van der Waals surface area contributed by atoms with Crippen molar-refractivity contribution >= 4 is 5.97 Å². The lowest BCUT2D eigenvalue weighted by Crippen LogP contribution is -2.32. The summed E-state index contributed by atoms with van der Waals surface area (Å²) in [5.74, 6) is -0.318.